The Morgan fingerprint density at radius 1 is 1.53 bits per heavy atom. The van der Waals surface area contributed by atoms with Gasteiger partial charge in [-0.3, -0.25) is 15.0 Å². The highest BCUT2D eigenvalue weighted by Crippen LogP contribution is 2.25. The number of aliphatic carboxylic acids is 1. The fourth-order valence-corrected chi connectivity index (χ4v) is 2.61. The molecule has 0 spiro atoms. The first-order valence-electron chi connectivity index (χ1n) is 7.18. The van der Waals surface area contributed by atoms with Crippen molar-refractivity contribution in [2.75, 3.05) is 26.2 Å². The van der Waals surface area contributed by atoms with E-state index in [1.165, 1.54) is 0 Å². The third-order valence-electron chi connectivity index (χ3n) is 4.00. The Morgan fingerprint density at radius 2 is 2.21 bits per heavy atom. The van der Waals surface area contributed by atoms with Gasteiger partial charge in [0.05, 0.1) is 12.2 Å². The van der Waals surface area contributed by atoms with Crippen LogP contribution in [-0.2, 0) is 9.53 Å². The zero-order valence-electron chi connectivity index (χ0n) is 12.2. The molecular weight excluding hydrogens is 244 g/mol. The SMILES string of the molecule is CC1(C)CN(CCC(C)(NC2CC2)C(=O)O)CCO1. The summed E-state index contributed by atoms with van der Waals surface area (Å²) in [6.07, 6.45) is 2.84. The molecule has 5 heteroatoms. The molecule has 19 heavy (non-hydrogen) atoms. The van der Waals surface area contributed by atoms with Crippen LogP contribution in [0.2, 0.25) is 0 Å². The molecule has 1 saturated carbocycles. The van der Waals surface area contributed by atoms with Crippen molar-refractivity contribution in [3.05, 3.63) is 0 Å². The number of morpholine rings is 1. The third-order valence-corrected chi connectivity index (χ3v) is 4.00. The summed E-state index contributed by atoms with van der Waals surface area (Å²) in [5.74, 6) is -0.744. The fraction of sp³-hybridized carbons (Fsp3) is 0.929. The van der Waals surface area contributed by atoms with Gasteiger partial charge in [0.15, 0.2) is 0 Å². The van der Waals surface area contributed by atoms with Crippen LogP contribution in [0.15, 0.2) is 0 Å². The summed E-state index contributed by atoms with van der Waals surface area (Å²) in [4.78, 5) is 13.8. The number of hydrogen-bond donors (Lipinski definition) is 2. The zero-order chi connectivity index (χ0) is 14.1. The fourth-order valence-electron chi connectivity index (χ4n) is 2.61. The topological polar surface area (TPSA) is 61.8 Å². The predicted molar refractivity (Wildman–Crippen MR) is 73.3 cm³/mol. The minimum Gasteiger partial charge on any atom is -0.480 e. The minimum absolute atomic E-state index is 0.123. The van der Waals surface area contributed by atoms with E-state index in [1.807, 2.05) is 0 Å². The van der Waals surface area contributed by atoms with E-state index in [4.69, 9.17) is 4.74 Å². The van der Waals surface area contributed by atoms with Gasteiger partial charge in [0, 0.05) is 25.7 Å². The number of nitrogens with zero attached hydrogens (tertiary/aromatic N) is 1. The van der Waals surface area contributed by atoms with Crippen LogP contribution < -0.4 is 5.32 Å². The molecule has 1 atom stereocenters. The lowest BCUT2D eigenvalue weighted by atomic mass is 9.96. The number of carbonyl (C=O) groups is 1. The molecule has 1 saturated heterocycles. The average Bonchev–Trinajstić information content (AvgIpc) is 3.09. The number of hydrogen-bond acceptors (Lipinski definition) is 4. The second-order valence-electron chi connectivity index (χ2n) is 6.69. The van der Waals surface area contributed by atoms with Crippen molar-refractivity contribution in [3.63, 3.8) is 0 Å². The molecule has 0 radical (unpaired) electrons. The van der Waals surface area contributed by atoms with Crippen molar-refractivity contribution in [2.45, 2.75) is 57.2 Å². The van der Waals surface area contributed by atoms with Crippen LogP contribution in [0, 0.1) is 0 Å². The summed E-state index contributed by atoms with van der Waals surface area (Å²) in [7, 11) is 0. The Balaban J connectivity index is 1.86. The molecular formula is C14H26N2O3. The first-order chi connectivity index (χ1) is 8.81. The van der Waals surface area contributed by atoms with Gasteiger partial charge in [-0.25, -0.2) is 0 Å². The van der Waals surface area contributed by atoms with E-state index in [0.29, 0.717) is 12.5 Å². The molecule has 0 aromatic carbocycles. The van der Waals surface area contributed by atoms with Crippen molar-refractivity contribution in [2.24, 2.45) is 0 Å². The summed E-state index contributed by atoms with van der Waals surface area (Å²) in [5.41, 5.74) is -0.925. The first-order valence-corrected chi connectivity index (χ1v) is 7.18. The Morgan fingerprint density at radius 3 is 2.74 bits per heavy atom. The predicted octanol–water partition coefficient (Wildman–Crippen LogP) is 1.08. The molecule has 0 bridgehead atoms. The molecule has 110 valence electrons. The van der Waals surface area contributed by atoms with E-state index < -0.39 is 11.5 Å². The molecule has 0 aromatic rings. The first kappa shape index (κ1) is 14.8. The van der Waals surface area contributed by atoms with Crippen molar-refractivity contribution in [1.82, 2.24) is 10.2 Å². The van der Waals surface area contributed by atoms with Crippen LogP contribution in [0.1, 0.15) is 40.0 Å². The van der Waals surface area contributed by atoms with E-state index in [2.05, 4.69) is 24.1 Å². The second kappa shape index (κ2) is 5.38. The molecule has 2 fully saturated rings. The summed E-state index contributed by atoms with van der Waals surface area (Å²) >= 11 is 0. The lowest BCUT2D eigenvalue weighted by molar-refractivity contribution is -0.145. The van der Waals surface area contributed by atoms with Crippen molar-refractivity contribution >= 4 is 5.97 Å². The van der Waals surface area contributed by atoms with Crippen LogP contribution in [0.5, 0.6) is 0 Å². The summed E-state index contributed by atoms with van der Waals surface area (Å²) in [5, 5.41) is 12.7. The van der Waals surface area contributed by atoms with Crippen LogP contribution >= 0.6 is 0 Å². The van der Waals surface area contributed by atoms with E-state index in [0.717, 1.165) is 39.1 Å². The molecule has 2 N–H and O–H groups in total. The lowest BCUT2D eigenvalue weighted by Gasteiger charge is -2.39. The van der Waals surface area contributed by atoms with Gasteiger partial charge in [-0.05, 0) is 40.0 Å². The summed E-state index contributed by atoms with van der Waals surface area (Å²) < 4.78 is 5.68. The van der Waals surface area contributed by atoms with Gasteiger partial charge >= 0.3 is 5.97 Å². The highest BCUT2D eigenvalue weighted by molar-refractivity contribution is 5.78. The molecule has 1 aliphatic heterocycles. The lowest BCUT2D eigenvalue weighted by Crippen LogP contribution is -2.54. The average molecular weight is 270 g/mol. The van der Waals surface area contributed by atoms with Gasteiger partial charge in [-0.2, -0.15) is 0 Å². The van der Waals surface area contributed by atoms with Crippen LogP contribution in [0.4, 0.5) is 0 Å². The van der Waals surface area contributed by atoms with Crippen molar-refractivity contribution in [1.29, 1.82) is 0 Å². The molecule has 2 aliphatic rings. The van der Waals surface area contributed by atoms with Gasteiger partial charge in [-0.1, -0.05) is 0 Å². The van der Waals surface area contributed by atoms with Crippen molar-refractivity contribution in [3.8, 4) is 0 Å². The molecule has 5 nitrogen and oxygen atoms in total. The third kappa shape index (κ3) is 4.16. The number of carboxylic acid groups (broad SMARTS) is 1. The smallest absolute Gasteiger partial charge is 0.323 e. The van der Waals surface area contributed by atoms with Crippen LogP contribution in [0.25, 0.3) is 0 Å². The molecule has 0 aromatic heterocycles. The van der Waals surface area contributed by atoms with Gasteiger partial charge in [0.1, 0.15) is 5.54 Å². The quantitative estimate of drug-likeness (QED) is 0.756. The van der Waals surface area contributed by atoms with Crippen molar-refractivity contribution < 1.29 is 14.6 Å². The Bertz CT molecular complexity index is 342. The van der Waals surface area contributed by atoms with E-state index >= 15 is 0 Å². The maximum absolute atomic E-state index is 11.5. The summed E-state index contributed by atoms with van der Waals surface area (Å²) in [6.45, 7) is 9.26. The van der Waals surface area contributed by atoms with Crippen LogP contribution in [0.3, 0.4) is 0 Å². The Hall–Kier alpha value is -0.650. The Kier molecular flexibility index (Phi) is 4.18. The molecule has 2 rings (SSSR count). The number of carboxylic acids is 1. The number of ether oxygens (including phenoxy) is 1. The van der Waals surface area contributed by atoms with Gasteiger partial charge in [0.2, 0.25) is 0 Å². The van der Waals surface area contributed by atoms with Gasteiger partial charge < -0.3 is 9.84 Å². The van der Waals surface area contributed by atoms with E-state index in [1.54, 1.807) is 6.92 Å². The maximum Gasteiger partial charge on any atom is 0.323 e. The molecule has 0 amide bonds. The van der Waals surface area contributed by atoms with Gasteiger partial charge in [-0.15, -0.1) is 0 Å². The maximum atomic E-state index is 11.5. The van der Waals surface area contributed by atoms with E-state index in [-0.39, 0.29) is 5.60 Å². The number of nitrogens with one attached hydrogen (secondary N) is 1. The normalized spacial score (nSPS) is 26.9. The number of rotatable bonds is 6. The monoisotopic (exact) mass is 270 g/mol. The van der Waals surface area contributed by atoms with E-state index in [9.17, 15) is 9.90 Å². The second-order valence-corrected chi connectivity index (χ2v) is 6.69. The summed E-state index contributed by atoms with van der Waals surface area (Å²) in [6, 6.07) is 0.405. The highest BCUT2D eigenvalue weighted by Gasteiger charge is 2.39. The Labute approximate surface area is 115 Å². The standard InChI is InChI=1S/C14H26N2O3/c1-13(2)10-16(8-9-19-13)7-6-14(3,12(17)18)15-11-4-5-11/h11,15H,4-10H2,1-3H3,(H,17,18). The molecule has 1 aliphatic carbocycles. The molecule has 1 unspecified atom stereocenters. The van der Waals surface area contributed by atoms with Crippen LogP contribution in [-0.4, -0.2) is 59.4 Å². The zero-order valence-corrected chi connectivity index (χ0v) is 12.2. The minimum atomic E-state index is -0.802. The highest BCUT2D eigenvalue weighted by atomic mass is 16.5. The molecule has 1 heterocycles. The largest absolute Gasteiger partial charge is 0.480 e. The van der Waals surface area contributed by atoms with Gasteiger partial charge in [0.25, 0.3) is 0 Å².